The molecule has 0 spiro atoms. The van der Waals surface area contributed by atoms with Crippen molar-refractivity contribution in [2.45, 2.75) is 32.6 Å². The van der Waals surface area contributed by atoms with Gasteiger partial charge in [0.1, 0.15) is 0 Å². The second-order valence-electron chi connectivity index (χ2n) is 5.41. The van der Waals surface area contributed by atoms with Gasteiger partial charge in [0.15, 0.2) is 0 Å². The summed E-state index contributed by atoms with van der Waals surface area (Å²) in [5.74, 6) is 0. The smallest absolute Gasteiger partial charge is 0.00570 e. The number of hydrogen-bond donors (Lipinski definition) is 0. The van der Waals surface area contributed by atoms with Crippen molar-refractivity contribution in [2.24, 2.45) is 0 Å². The fraction of sp³-hybridized carbons (Fsp3) is 0.294. The topological polar surface area (TPSA) is 0 Å². The zero-order chi connectivity index (χ0) is 12.5. The van der Waals surface area contributed by atoms with Crippen LogP contribution in [0.4, 0.5) is 0 Å². The summed E-state index contributed by atoms with van der Waals surface area (Å²) < 4.78 is 0. The van der Waals surface area contributed by atoms with Crippen LogP contribution in [0.25, 0.3) is 5.57 Å². The van der Waals surface area contributed by atoms with Crippen LogP contribution in [0.3, 0.4) is 0 Å². The van der Waals surface area contributed by atoms with Crippen molar-refractivity contribution in [3.05, 3.63) is 65.8 Å². The van der Waals surface area contributed by atoms with Crippen LogP contribution in [-0.4, -0.2) is 0 Å². The van der Waals surface area contributed by atoms with Crippen molar-refractivity contribution >= 4 is 5.57 Å². The van der Waals surface area contributed by atoms with Gasteiger partial charge in [-0.1, -0.05) is 68.5 Å². The van der Waals surface area contributed by atoms with Gasteiger partial charge in [0, 0.05) is 0 Å². The summed E-state index contributed by atoms with van der Waals surface area (Å²) in [6, 6.07) is 8.74. The first kappa shape index (κ1) is 11.9. The molecule has 0 nitrogen and oxygen atoms in total. The van der Waals surface area contributed by atoms with Gasteiger partial charge in [0.2, 0.25) is 0 Å². The molecular formula is C17H20. The minimum Gasteiger partial charge on any atom is -0.0988 e. The largest absolute Gasteiger partial charge is 0.0988 e. The molecule has 1 aliphatic carbocycles. The maximum Gasteiger partial charge on any atom is -0.00570 e. The Bertz CT molecular complexity index is 499. The average molecular weight is 224 g/mol. The van der Waals surface area contributed by atoms with Gasteiger partial charge in [-0.3, -0.25) is 0 Å². The summed E-state index contributed by atoms with van der Waals surface area (Å²) >= 11 is 0. The van der Waals surface area contributed by atoms with E-state index in [2.05, 4.69) is 63.8 Å². The molecule has 1 aromatic rings. The molecule has 0 heterocycles. The highest BCUT2D eigenvalue weighted by atomic mass is 14.4. The molecule has 0 radical (unpaired) electrons. The highest BCUT2D eigenvalue weighted by molar-refractivity contribution is 5.76. The monoisotopic (exact) mass is 224 g/mol. The zero-order valence-electron chi connectivity index (χ0n) is 11.0. The van der Waals surface area contributed by atoms with Gasteiger partial charge in [-0.15, -0.1) is 0 Å². The third-order valence-corrected chi connectivity index (χ3v) is 3.50. The Morgan fingerprint density at radius 3 is 2.71 bits per heavy atom. The molecule has 0 unspecified atom stereocenters. The number of allylic oxidation sites excluding steroid dienone is 5. The lowest BCUT2D eigenvalue weighted by Crippen LogP contribution is -2.11. The molecule has 17 heavy (non-hydrogen) atoms. The Balaban J connectivity index is 2.45. The Hall–Kier alpha value is -1.56. The van der Waals surface area contributed by atoms with E-state index in [9.17, 15) is 0 Å². The molecule has 0 N–H and O–H groups in total. The van der Waals surface area contributed by atoms with E-state index in [-0.39, 0.29) is 5.41 Å². The summed E-state index contributed by atoms with van der Waals surface area (Å²) in [7, 11) is 0. The molecule has 0 saturated heterocycles. The van der Waals surface area contributed by atoms with Crippen LogP contribution in [0.2, 0.25) is 0 Å². The number of fused-ring (bicyclic) bond motifs is 1. The lowest BCUT2D eigenvalue weighted by Gasteiger charge is -2.17. The Labute approximate surface area is 104 Å². The normalized spacial score (nSPS) is 20.4. The predicted octanol–water partition coefficient (Wildman–Crippen LogP) is 4.88. The second kappa shape index (κ2) is 4.37. The van der Waals surface area contributed by atoms with E-state index >= 15 is 0 Å². The van der Waals surface area contributed by atoms with E-state index in [0.717, 1.165) is 6.42 Å². The molecule has 0 saturated carbocycles. The van der Waals surface area contributed by atoms with Gasteiger partial charge in [-0.25, -0.2) is 0 Å². The molecule has 0 bridgehead atoms. The molecule has 2 rings (SSSR count). The third kappa shape index (κ3) is 2.26. The molecule has 88 valence electrons. The highest BCUT2D eigenvalue weighted by Gasteiger charge is 2.32. The Kier molecular flexibility index (Phi) is 3.06. The van der Waals surface area contributed by atoms with Crippen LogP contribution in [0, 0.1) is 0 Å². The maximum atomic E-state index is 3.78. The van der Waals surface area contributed by atoms with Crippen LogP contribution >= 0.6 is 0 Å². The van der Waals surface area contributed by atoms with Crippen LogP contribution < -0.4 is 0 Å². The molecule has 0 fully saturated rings. The number of benzene rings is 1. The standard InChI is InChI=1S/C17H20/c1-5-13(2)10-11-14-12-17(3,4)16-9-7-6-8-15(14)16/h5-11H,1,12H2,2-4H3/b13-10-,14-11+. The van der Waals surface area contributed by atoms with Crippen molar-refractivity contribution in [2.75, 3.05) is 0 Å². The number of hydrogen-bond acceptors (Lipinski definition) is 0. The van der Waals surface area contributed by atoms with Gasteiger partial charge >= 0.3 is 0 Å². The van der Waals surface area contributed by atoms with E-state index in [0.29, 0.717) is 0 Å². The van der Waals surface area contributed by atoms with E-state index < -0.39 is 0 Å². The summed E-state index contributed by atoms with van der Waals surface area (Å²) in [5.41, 5.74) is 5.78. The van der Waals surface area contributed by atoms with Crippen LogP contribution in [0.5, 0.6) is 0 Å². The van der Waals surface area contributed by atoms with Crippen molar-refractivity contribution in [3.63, 3.8) is 0 Å². The maximum absolute atomic E-state index is 3.78. The van der Waals surface area contributed by atoms with Crippen molar-refractivity contribution in [1.82, 2.24) is 0 Å². The molecule has 1 aromatic carbocycles. The second-order valence-corrected chi connectivity index (χ2v) is 5.41. The van der Waals surface area contributed by atoms with E-state index in [1.165, 1.54) is 22.3 Å². The van der Waals surface area contributed by atoms with E-state index in [4.69, 9.17) is 0 Å². The predicted molar refractivity (Wildman–Crippen MR) is 76.0 cm³/mol. The third-order valence-electron chi connectivity index (χ3n) is 3.50. The Morgan fingerprint density at radius 1 is 1.29 bits per heavy atom. The van der Waals surface area contributed by atoms with Crippen LogP contribution in [0.15, 0.2) is 54.6 Å². The lowest BCUT2D eigenvalue weighted by molar-refractivity contribution is 0.563. The first-order valence-electron chi connectivity index (χ1n) is 6.14. The molecule has 1 aliphatic rings. The minimum absolute atomic E-state index is 0.262. The average Bonchev–Trinajstić information content (AvgIpc) is 2.59. The fourth-order valence-electron chi connectivity index (χ4n) is 2.47. The number of rotatable bonds is 2. The molecule has 0 amide bonds. The highest BCUT2D eigenvalue weighted by Crippen LogP contribution is 2.44. The SMILES string of the molecule is C=C/C(C)=C\C=C1/CC(C)(C)c2ccccc21. The zero-order valence-corrected chi connectivity index (χ0v) is 11.0. The van der Waals surface area contributed by atoms with Crippen LogP contribution in [-0.2, 0) is 5.41 Å². The van der Waals surface area contributed by atoms with Crippen LogP contribution in [0.1, 0.15) is 38.3 Å². The summed E-state index contributed by atoms with van der Waals surface area (Å²) in [6.07, 6.45) is 7.40. The Morgan fingerprint density at radius 2 is 2.00 bits per heavy atom. The quantitative estimate of drug-likeness (QED) is 0.628. The lowest BCUT2D eigenvalue weighted by atomic mass is 9.86. The minimum atomic E-state index is 0.262. The van der Waals surface area contributed by atoms with E-state index in [1.54, 1.807) is 0 Å². The van der Waals surface area contributed by atoms with E-state index in [1.807, 2.05) is 6.08 Å². The van der Waals surface area contributed by atoms with Gasteiger partial charge in [-0.05, 0) is 35.5 Å². The van der Waals surface area contributed by atoms with Crippen molar-refractivity contribution in [3.8, 4) is 0 Å². The first-order valence-corrected chi connectivity index (χ1v) is 6.14. The van der Waals surface area contributed by atoms with Gasteiger partial charge in [0.05, 0.1) is 0 Å². The molecule has 0 heteroatoms. The molecule has 0 atom stereocenters. The fourth-order valence-corrected chi connectivity index (χ4v) is 2.47. The summed E-state index contributed by atoms with van der Waals surface area (Å²) in [4.78, 5) is 0. The van der Waals surface area contributed by atoms with Gasteiger partial charge in [-0.2, -0.15) is 0 Å². The summed E-state index contributed by atoms with van der Waals surface area (Å²) in [5, 5.41) is 0. The van der Waals surface area contributed by atoms with Crippen molar-refractivity contribution in [1.29, 1.82) is 0 Å². The molecular weight excluding hydrogens is 204 g/mol. The van der Waals surface area contributed by atoms with Gasteiger partial charge in [0.25, 0.3) is 0 Å². The van der Waals surface area contributed by atoms with Gasteiger partial charge < -0.3 is 0 Å². The van der Waals surface area contributed by atoms with Crippen molar-refractivity contribution < 1.29 is 0 Å². The first-order chi connectivity index (χ1) is 8.04. The molecule has 0 aliphatic heterocycles. The molecule has 0 aromatic heterocycles. The summed E-state index contributed by atoms with van der Waals surface area (Å²) in [6.45, 7) is 10.5.